The number of likely N-dealkylation sites (tertiary alicyclic amines) is 1. The molecule has 19 heavy (non-hydrogen) atoms. The van der Waals surface area contributed by atoms with E-state index in [0.717, 1.165) is 19.3 Å². The molecule has 0 spiro atoms. The van der Waals surface area contributed by atoms with E-state index in [2.05, 4.69) is 18.7 Å². The molecule has 0 bridgehead atoms. The summed E-state index contributed by atoms with van der Waals surface area (Å²) in [7, 11) is 0. The first kappa shape index (κ1) is 16.8. The molecule has 0 N–H and O–H groups in total. The SMILES string of the molecule is CC1CCCCN(CC(C)(CC=O)OS(=O)[O-])C1C. The minimum atomic E-state index is -2.60. The maximum absolute atomic E-state index is 10.8. The van der Waals surface area contributed by atoms with Gasteiger partial charge in [-0.1, -0.05) is 13.3 Å². The molecule has 1 rings (SSSR count). The van der Waals surface area contributed by atoms with E-state index < -0.39 is 17.0 Å². The second kappa shape index (κ2) is 7.47. The summed E-state index contributed by atoms with van der Waals surface area (Å²) in [5.74, 6) is 0.570. The maximum Gasteiger partial charge on any atom is 0.122 e. The van der Waals surface area contributed by atoms with Crippen molar-refractivity contribution in [2.24, 2.45) is 5.92 Å². The summed E-state index contributed by atoms with van der Waals surface area (Å²) < 4.78 is 26.5. The van der Waals surface area contributed by atoms with Crippen molar-refractivity contribution in [2.75, 3.05) is 13.1 Å². The van der Waals surface area contributed by atoms with Crippen molar-refractivity contribution in [2.45, 2.75) is 58.1 Å². The predicted molar refractivity (Wildman–Crippen MR) is 73.1 cm³/mol. The first-order chi connectivity index (χ1) is 8.88. The van der Waals surface area contributed by atoms with Crippen LogP contribution in [0.15, 0.2) is 0 Å². The lowest BCUT2D eigenvalue weighted by Crippen LogP contribution is -2.48. The average molecular weight is 290 g/mol. The monoisotopic (exact) mass is 290 g/mol. The molecule has 4 atom stereocenters. The van der Waals surface area contributed by atoms with Crippen LogP contribution in [0.25, 0.3) is 0 Å². The average Bonchev–Trinajstić information content (AvgIpc) is 2.43. The van der Waals surface area contributed by atoms with Gasteiger partial charge in [-0.05, 0) is 39.2 Å². The van der Waals surface area contributed by atoms with Crippen LogP contribution in [0, 0.1) is 5.92 Å². The van der Waals surface area contributed by atoms with Crippen molar-refractivity contribution in [1.29, 1.82) is 0 Å². The highest BCUT2D eigenvalue weighted by molar-refractivity contribution is 7.74. The minimum absolute atomic E-state index is 0.0819. The Morgan fingerprint density at radius 2 is 2.16 bits per heavy atom. The van der Waals surface area contributed by atoms with Crippen molar-refractivity contribution in [3.63, 3.8) is 0 Å². The molecule has 5 nitrogen and oxygen atoms in total. The minimum Gasteiger partial charge on any atom is -0.750 e. The third-order valence-corrected chi connectivity index (χ3v) is 4.61. The first-order valence-corrected chi connectivity index (χ1v) is 7.84. The summed E-state index contributed by atoms with van der Waals surface area (Å²) in [5, 5.41) is 0. The largest absolute Gasteiger partial charge is 0.750 e. The Morgan fingerprint density at radius 1 is 1.47 bits per heavy atom. The predicted octanol–water partition coefficient (Wildman–Crippen LogP) is 1.66. The van der Waals surface area contributed by atoms with E-state index in [4.69, 9.17) is 4.18 Å². The van der Waals surface area contributed by atoms with E-state index in [0.29, 0.717) is 18.5 Å². The smallest absolute Gasteiger partial charge is 0.122 e. The van der Waals surface area contributed by atoms with Crippen molar-refractivity contribution >= 4 is 17.6 Å². The fourth-order valence-electron chi connectivity index (χ4n) is 2.70. The summed E-state index contributed by atoms with van der Waals surface area (Å²) in [6, 6.07) is 0.372. The van der Waals surface area contributed by atoms with E-state index in [1.807, 2.05) is 0 Å². The molecule has 0 aromatic carbocycles. The van der Waals surface area contributed by atoms with E-state index in [-0.39, 0.29) is 6.42 Å². The summed E-state index contributed by atoms with van der Waals surface area (Å²) >= 11 is -2.60. The van der Waals surface area contributed by atoms with Crippen molar-refractivity contribution in [1.82, 2.24) is 4.90 Å². The number of rotatable bonds is 6. The molecular formula is C13H24NO4S-. The Labute approximate surface area is 118 Å². The molecule has 0 aliphatic carbocycles. The van der Waals surface area contributed by atoms with Gasteiger partial charge in [-0.3, -0.25) is 9.08 Å². The molecule has 112 valence electrons. The molecule has 0 aromatic heterocycles. The molecule has 0 aromatic rings. The molecule has 1 saturated heterocycles. The fraction of sp³-hybridized carbons (Fsp3) is 0.923. The Kier molecular flexibility index (Phi) is 6.59. The third-order valence-electron chi connectivity index (χ3n) is 4.08. The lowest BCUT2D eigenvalue weighted by Gasteiger charge is -2.38. The van der Waals surface area contributed by atoms with Gasteiger partial charge in [0, 0.05) is 19.0 Å². The van der Waals surface area contributed by atoms with Crippen LogP contribution in [0.1, 0.15) is 46.5 Å². The lowest BCUT2D eigenvalue weighted by molar-refractivity contribution is -0.111. The van der Waals surface area contributed by atoms with E-state index in [9.17, 15) is 13.6 Å². The summed E-state index contributed by atoms with van der Waals surface area (Å²) in [6.45, 7) is 7.44. The Morgan fingerprint density at radius 3 is 2.74 bits per heavy atom. The summed E-state index contributed by atoms with van der Waals surface area (Å²) in [6.07, 6.45) is 4.29. The molecule has 1 heterocycles. The highest BCUT2D eigenvalue weighted by atomic mass is 32.2. The molecule has 0 amide bonds. The molecule has 0 radical (unpaired) electrons. The fourth-order valence-corrected chi connectivity index (χ4v) is 3.15. The normalized spacial score (nSPS) is 30.3. The maximum atomic E-state index is 10.8. The highest BCUT2D eigenvalue weighted by Crippen LogP contribution is 2.26. The van der Waals surface area contributed by atoms with Crippen LogP contribution in [0.3, 0.4) is 0 Å². The second-order valence-electron chi connectivity index (χ2n) is 5.79. The number of hydrogen-bond acceptors (Lipinski definition) is 5. The third kappa shape index (κ3) is 5.30. The second-order valence-corrected chi connectivity index (χ2v) is 6.37. The molecule has 1 aliphatic rings. The summed E-state index contributed by atoms with van der Waals surface area (Å²) in [5.41, 5.74) is -0.966. The zero-order valence-electron chi connectivity index (χ0n) is 12.0. The van der Waals surface area contributed by atoms with Crippen LogP contribution in [0.5, 0.6) is 0 Å². The number of carbonyl (C=O) groups excluding carboxylic acids is 1. The first-order valence-electron chi connectivity index (χ1n) is 6.84. The zero-order valence-corrected chi connectivity index (χ0v) is 12.8. The Hall–Kier alpha value is -0.300. The van der Waals surface area contributed by atoms with Gasteiger partial charge in [-0.2, -0.15) is 0 Å². The zero-order chi connectivity index (χ0) is 14.5. The molecule has 0 saturated carbocycles. The topological polar surface area (TPSA) is 69.7 Å². The van der Waals surface area contributed by atoms with Crippen molar-refractivity contribution in [3.8, 4) is 0 Å². The lowest BCUT2D eigenvalue weighted by atomic mass is 9.96. The van der Waals surface area contributed by atoms with Crippen LogP contribution in [-0.4, -0.2) is 44.7 Å². The van der Waals surface area contributed by atoms with Gasteiger partial charge in [-0.25, -0.2) is 4.21 Å². The van der Waals surface area contributed by atoms with Gasteiger partial charge in [0.05, 0.1) is 11.4 Å². The highest BCUT2D eigenvalue weighted by Gasteiger charge is 2.32. The molecule has 6 heteroatoms. The van der Waals surface area contributed by atoms with Crippen molar-refractivity contribution in [3.05, 3.63) is 0 Å². The molecule has 4 unspecified atom stereocenters. The van der Waals surface area contributed by atoms with Crippen LogP contribution in [0.2, 0.25) is 0 Å². The van der Waals surface area contributed by atoms with Gasteiger partial charge in [0.2, 0.25) is 0 Å². The molecule has 1 fully saturated rings. The number of nitrogens with zero attached hydrogens (tertiary/aromatic N) is 1. The molecular weight excluding hydrogens is 266 g/mol. The summed E-state index contributed by atoms with van der Waals surface area (Å²) in [4.78, 5) is 13.0. The number of aldehydes is 1. The van der Waals surface area contributed by atoms with E-state index in [1.165, 1.54) is 12.8 Å². The van der Waals surface area contributed by atoms with Crippen LogP contribution < -0.4 is 0 Å². The number of hydrogen-bond donors (Lipinski definition) is 0. The van der Waals surface area contributed by atoms with Crippen LogP contribution in [-0.2, 0) is 20.3 Å². The van der Waals surface area contributed by atoms with Gasteiger partial charge in [-0.15, -0.1) is 0 Å². The van der Waals surface area contributed by atoms with Gasteiger partial charge < -0.3 is 9.35 Å². The quantitative estimate of drug-likeness (QED) is 0.549. The molecule has 1 aliphatic heterocycles. The van der Waals surface area contributed by atoms with E-state index >= 15 is 0 Å². The van der Waals surface area contributed by atoms with Gasteiger partial charge in [0.25, 0.3) is 0 Å². The Bertz CT molecular complexity index is 326. The van der Waals surface area contributed by atoms with Gasteiger partial charge >= 0.3 is 0 Å². The van der Waals surface area contributed by atoms with E-state index in [1.54, 1.807) is 6.92 Å². The standard InChI is InChI=1S/C13H25NO4S/c1-11-6-4-5-8-14(12(11)2)10-13(3,7-9-15)18-19(16)17/h9,11-12H,4-8,10H2,1-3H3,(H,16,17)/p-1. The number of carbonyl (C=O) groups is 1. The van der Waals surface area contributed by atoms with Crippen LogP contribution >= 0.6 is 0 Å². The van der Waals surface area contributed by atoms with Gasteiger partial charge in [0.15, 0.2) is 0 Å². The van der Waals surface area contributed by atoms with Crippen molar-refractivity contribution < 1.29 is 17.7 Å². The van der Waals surface area contributed by atoms with Gasteiger partial charge in [0.1, 0.15) is 11.9 Å². The Balaban J connectivity index is 2.75. The van der Waals surface area contributed by atoms with Crippen LogP contribution in [0.4, 0.5) is 0 Å².